The Morgan fingerprint density at radius 3 is 2.42 bits per heavy atom. The lowest BCUT2D eigenvalue weighted by Crippen LogP contribution is -2.21. The standard InChI is InChI=1S/C11H20N4O3S/c1-14(2)11-9(19(3,17)18)10(12)15(13-11)7-5-4-6-8(7)16/h7-8,16H,4-6,12H2,1-3H3. The van der Waals surface area contributed by atoms with Crippen molar-refractivity contribution in [3.63, 3.8) is 0 Å². The summed E-state index contributed by atoms with van der Waals surface area (Å²) in [5.41, 5.74) is 5.95. The Morgan fingerprint density at radius 1 is 1.42 bits per heavy atom. The highest BCUT2D eigenvalue weighted by molar-refractivity contribution is 7.91. The molecule has 0 radical (unpaired) electrons. The van der Waals surface area contributed by atoms with Gasteiger partial charge in [0.2, 0.25) is 0 Å². The van der Waals surface area contributed by atoms with Gasteiger partial charge in [-0.3, -0.25) is 0 Å². The van der Waals surface area contributed by atoms with E-state index in [2.05, 4.69) is 5.10 Å². The summed E-state index contributed by atoms with van der Waals surface area (Å²) in [7, 11) is -0.0387. The smallest absolute Gasteiger partial charge is 0.182 e. The molecule has 0 saturated heterocycles. The predicted molar refractivity (Wildman–Crippen MR) is 73.0 cm³/mol. The Morgan fingerprint density at radius 2 is 2.05 bits per heavy atom. The quantitative estimate of drug-likeness (QED) is 0.813. The van der Waals surface area contributed by atoms with Gasteiger partial charge >= 0.3 is 0 Å². The molecule has 1 fully saturated rings. The van der Waals surface area contributed by atoms with Crippen molar-refractivity contribution in [2.75, 3.05) is 31.0 Å². The average molecular weight is 288 g/mol. The maximum Gasteiger partial charge on any atom is 0.182 e. The van der Waals surface area contributed by atoms with E-state index < -0.39 is 15.9 Å². The minimum absolute atomic E-state index is 0.0385. The molecular weight excluding hydrogens is 268 g/mol. The highest BCUT2D eigenvalue weighted by Gasteiger charge is 2.33. The van der Waals surface area contributed by atoms with Gasteiger partial charge in [-0.15, -0.1) is 0 Å². The highest BCUT2D eigenvalue weighted by atomic mass is 32.2. The van der Waals surface area contributed by atoms with Gasteiger partial charge in [0.25, 0.3) is 0 Å². The Labute approximate surface area is 112 Å². The van der Waals surface area contributed by atoms with E-state index in [9.17, 15) is 13.5 Å². The van der Waals surface area contributed by atoms with Gasteiger partial charge in [-0.25, -0.2) is 13.1 Å². The van der Waals surface area contributed by atoms with E-state index >= 15 is 0 Å². The molecule has 1 aromatic rings. The normalized spacial score (nSPS) is 23.8. The predicted octanol–water partition coefficient (Wildman–Crippen LogP) is 0.0207. The van der Waals surface area contributed by atoms with Crippen LogP contribution in [0.4, 0.5) is 11.6 Å². The number of aliphatic hydroxyl groups is 1. The molecule has 0 spiro atoms. The zero-order valence-electron chi connectivity index (χ0n) is 11.4. The van der Waals surface area contributed by atoms with Crippen LogP contribution in [0.1, 0.15) is 25.3 Å². The molecule has 108 valence electrons. The summed E-state index contributed by atoms with van der Waals surface area (Å²) in [6.45, 7) is 0. The number of anilines is 2. The minimum Gasteiger partial charge on any atom is -0.391 e. The van der Waals surface area contributed by atoms with E-state index in [1.165, 1.54) is 4.68 Å². The van der Waals surface area contributed by atoms with Crippen LogP contribution in [0.5, 0.6) is 0 Å². The Hall–Kier alpha value is -1.28. The topological polar surface area (TPSA) is 101 Å². The molecule has 0 amide bonds. The summed E-state index contributed by atoms with van der Waals surface area (Å²) in [6.07, 6.45) is 2.92. The largest absolute Gasteiger partial charge is 0.391 e. The Balaban J connectivity index is 2.59. The fourth-order valence-corrected chi connectivity index (χ4v) is 3.56. The minimum atomic E-state index is -3.47. The molecule has 3 N–H and O–H groups in total. The second-order valence-corrected chi connectivity index (χ2v) is 7.17. The first-order chi connectivity index (χ1) is 8.73. The zero-order valence-corrected chi connectivity index (χ0v) is 12.2. The van der Waals surface area contributed by atoms with Crippen molar-refractivity contribution >= 4 is 21.5 Å². The van der Waals surface area contributed by atoms with Gasteiger partial charge in [-0.1, -0.05) is 0 Å². The van der Waals surface area contributed by atoms with Crippen molar-refractivity contribution < 1.29 is 13.5 Å². The van der Waals surface area contributed by atoms with Gasteiger partial charge in [0.1, 0.15) is 5.82 Å². The summed E-state index contributed by atoms with van der Waals surface area (Å²) in [6, 6.07) is -0.241. The number of hydrogen-bond acceptors (Lipinski definition) is 6. The fourth-order valence-electron chi connectivity index (χ4n) is 2.53. The molecule has 0 aromatic carbocycles. The van der Waals surface area contributed by atoms with Crippen LogP contribution in [-0.2, 0) is 9.84 Å². The molecule has 1 saturated carbocycles. The van der Waals surface area contributed by atoms with Gasteiger partial charge in [0.15, 0.2) is 20.6 Å². The van der Waals surface area contributed by atoms with E-state index in [0.29, 0.717) is 12.2 Å². The summed E-state index contributed by atoms with van der Waals surface area (Å²) in [5, 5.41) is 14.2. The van der Waals surface area contributed by atoms with Crippen LogP contribution in [-0.4, -0.2) is 49.8 Å². The molecule has 2 rings (SSSR count). The zero-order chi connectivity index (χ0) is 14.4. The third-order valence-corrected chi connectivity index (χ3v) is 4.57. The average Bonchev–Trinajstić information content (AvgIpc) is 2.80. The number of nitrogens with zero attached hydrogens (tertiary/aromatic N) is 3. The second kappa shape index (κ2) is 4.68. The SMILES string of the molecule is CN(C)c1nn(C2CCCC2O)c(N)c1S(C)(=O)=O. The number of nitrogen functional groups attached to an aromatic ring is 1. The first-order valence-corrected chi connectivity index (χ1v) is 8.06. The van der Waals surface area contributed by atoms with E-state index in [-0.39, 0.29) is 16.8 Å². The van der Waals surface area contributed by atoms with Crippen LogP contribution >= 0.6 is 0 Å². The summed E-state index contributed by atoms with van der Waals surface area (Å²) < 4.78 is 25.2. The Bertz CT molecular complexity index is 579. The molecule has 7 nitrogen and oxygen atoms in total. The van der Waals surface area contributed by atoms with Gasteiger partial charge < -0.3 is 15.7 Å². The molecule has 1 aliphatic carbocycles. The van der Waals surface area contributed by atoms with Gasteiger partial charge in [0.05, 0.1) is 12.1 Å². The third-order valence-electron chi connectivity index (χ3n) is 3.44. The Kier molecular flexibility index (Phi) is 3.48. The lowest BCUT2D eigenvalue weighted by atomic mass is 10.2. The van der Waals surface area contributed by atoms with E-state index in [4.69, 9.17) is 5.73 Å². The number of sulfone groups is 1. The van der Waals surface area contributed by atoms with Crippen molar-refractivity contribution in [1.29, 1.82) is 0 Å². The van der Waals surface area contributed by atoms with Crippen LogP contribution in [0.2, 0.25) is 0 Å². The number of aliphatic hydroxyl groups excluding tert-OH is 1. The molecule has 1 aromatic heterocycles. The number of rotatable bonds is 3. The van der Waals surface area contributed by atoms with Crippen LogP contribution in [0, 0.1) is 0 Å². The third kappa shape index (κ3) is 2.42. The monoisotopic (exact) mass is 288 g/mol. The molecule has 2 atom stereocenters. The summed E-state index contributed by atoms with van der Waals surface area (Å²) in [5.74, 6) is 0.427. The molecular formula is C11H20N4O3S. The van der Waals surface area contributed by atoms with E-state index in [0.717, 1.165) is 19.1 Å². The van der Waals surface area contributed by atoms with Crippen molar-refractivity contribution in [3.05, 3.63) is 0 Å². The molecule has 0 aliphatic heterocycles. The van der Waals surface area contributed by atoms with Crippen LogP contribution in [0.25, 0.3) is 0 Å². The lowest BCUT2D eigenvalue weighted by Gasteiger charge is -2.16. The maximum atomic E-state index is 11.9. The number of nitrogens with two attached hydrogens (primary N) is 1. The first-order valence-electron chi connectivity index (χ1n) is 6.17. The fraction of sp³-hybridized carbons (Fsp3) is 0.727. The van der Waals surface area contributed by atoms with Crippen LogP contribution in [0.3, 0.4) is 0 Å². The van der Waals surface area contributed by atoms with E-state index in [1.807, 2.05) is 0 Å². The van der Waals surface area contributed by atoms with Crippen molar-refractivity contribution in [2.24, 2.45) is 0 Å². The first kappa shape index (κ1) is 14.1. The number of hydrogen-bond donors (Lipinski definition) is 2. The van der Waals surface area contributed by atoms with Crippen LogP contribution in [0.15, 0.2) is 4.90 Å². The molecule has 1 heterocycles. The van der Waals surface area contributed by atoms with Crippen LogP contribution < -0.4 is 10.6 Å². The summed E-state index contributed by atoms with van der Waals surface area (Å²) in [4.78, 5) is 1.65. The number of aromatic nitrogens is 2. The van der Waals surface area contributed by atoms with Gasteiger partial charge in [-0.2, -0.15) is 5.10 Å². The van der Waals surface area contributed by atoms with Gasteiger partial charge in [0, 0.05) is 20.4 Å². The van der Waals surface area contributed by atoms with Crippen molar-refractivity contribution in [1.82, 2.24) is 9.78 Å². The molecule has 2 unspecified atom stereocenters. The molecule has 8 heteroatoms. The van der Waals surface area contributed by atoms with Crippen molar-refractivity contribution in [3.8, 4) is 0 Å². The highest BCUT2D eigenvalue weighted by Crippen LogP contribution is 2.36. The second-order valence-electron chi connectivity index (χ2n) is 5.21. The van der Waals surface area contributed by atoms with E-state index in [1.54, 1.807) is 19.0 Å². The molecule has 19 heavy (non-hydrogen) atoms. The maximum absolute atomic E-state index is 11.9. The molecule has 0 bridgehead atoms. The van der Waals surface area contributed by atoms with Gasteiger partial charge in [-0.05, 0) is 19.3 Å². The van der Waals surface area contributed by atoms with Crippen molar-refractivity contribution in [2.45, 2.75) is 36.3 Å². The lowest BCUT2D eigenvalue weighted by molar-refractivity contribution is 0.131. The molecule has 1 aliphatic rings. The summed E-state index contributed by atoms with van der Waals surface area (Å²) >= 11 is 0.